The van der Waals surface area contributed by atoms with E-state index in [1.807, 2.05) is 25.1 Å². The molecule has 4 rings (SSSR count). The van der Waals surface area contributed by atoms with Crippen LogP contribution < -0.4 is 9.64 Å². The Morgan fingerprint density at radius 2 is 1.68 bits per heavy atom. The van der Waals surface area contributed by atoms with Gasteiger partial charge in [-0.2, -0.15) is 0 Å². The average Bonchev–Trinajstić information content (AvgIpc) is 3.13. The molecule has 7 nitrogen and oxygen atoms in total. The Balaban J connectivity index is 1.85. The van der Waals surface area contributed by atoms with Gasteiger partial charge in [0.25, 0.3) is 11.7 Å². The summed E-state index contributed by atoms with van der Waals surface area (Å²) in [6.07, 6.45) is -0.280. The van der Waals surface area contributed by atoms with Gasteiger partial charge in [-0.3, -0.25) is 14.5 Å². The maximum Gasteiger partial charge on any atom is 0.338 e. The van der Waals surface area contributed by atoms with Gasteiger partial charge in [0.1, 0.15) is 11.5 Å². The molecule has 1 saturated heterocycles. The molecule has 1 fully saturated rings. The summed E-state index contributed by atoms with van der Waals surface area (Å²) in [4.78, 5) is 40.3. The normalized spacial score (nSPS) is 16.8. The molecule has 1 atom stereocenters. The summed E-state index contributed by atoms with van der Waals surface area (Å²) in [6, 6.07) is 17.3. The highest BCUT2D eigenvalue weighted by Crippen LogP contribution is 2.43. The minimum atomic E-state index is -0.908. The number of halogens is 1. The highest BCUT2D eigenvalue weighted by atomic mass is 35.5. The van der Waals surface area contributed by atoms with Crippen LogP contribution in [-0.2, 0) is 14.3 Å². The van der Waals surface area contributed by atoms with Crippen LogP contribution in [0.2, 0.25) is 5.02 Å². The largest absolute Gasteiger partial charge is 0.507 e. The first-order chi connectivity index (χ1) is 17.6. The Bertz CT molecular complexity index is 1410. The fourth-order valence-corrected chi connectivity index (χ4v) is 4.52. The lowest BCUT2D eigenvalue weighted by atomic mass is 9.94. The summed E-state index contributed by atoms with van der Waals surface area (Å²) >= 11 is 6.26. The van der Waals surface area contributed by atoms with Gasteiger partial charge in [-0.1, -0.05) is 41.4 Å². The molecule has 0 aromatic heterocycles. The predicted octanol–water partition coefficient (Wildman–Crippen LogP) is 5.85. The molecule has 1 unspecified atom stereocenters. The molecule has 1 aliphatic heterocycles. The molecule has 0 bridgehead atoms. The van der Waals surface area contributed by atoms with Gasteiger partial charge < -0.3 is 14.6 Å². The molecule has 0 spiro atoms. The van der Waals surface area contributed by atoms with Crippen molar-refractivity contribution in [2.45, 2.75) is 32.9 Å². The van der Waals surface area contributed by atoms with Crippen LogP contribution in [-0.4, -0.2) is 36.0 Å². The van der Waals surface area contributed by atoms with Crippen molar-refractivity contribution in [2.24, 2.45) is 0 Å². The number of benzene rings is 3. The zero-order valence-corrected chi connectivity index (χ0v) is 21.6. The van der Waals surface area contributed by atoms with Crippen molar-refractivity contribution in [1.29, 1.82) is 0 Å². The first-order valence-electron chi connectivity index (χ1n) is 11.6. The second-order valence-corrected chi connectivity index (χ2v) is 9.34. The summed E-state index contributed by atoms with van der Waals surface area (Å²) in [5, 5.41) is 11.5. The van der Waals surface area contributed by atoms with Crippen molar-refractivity contribution >= 4 is 40.7 Å². The molecule has 3 aromatic rings. The number of carbonyl (C=O) groups excluding carboxylic acids is 3. The second kappa shape index (κ2) is 10.5. The molecule has 1 heterocycles. The third-order valence-electron chi connectivity index (χ3n) is 5.95. The van der Waals surface area contributed by atoms with E-state index in [4.69, 9.17) is 21.1 Å². The van der Waals surface area contributed by atoms with Gasteiger partial charge in [-0.25, -0.2) is 4.79 Å². The zero-order valence-electron chi connectivity index (χ0n) is 20.8. The van der Waals surface area contributed by atoms with Crippen LogP contribution in [0.5, 0.6) is 5.75 Å². The van der Waals surface area contributed by atoms with E-state index in [-0.39, 0.29) is 28.0 Å². The summed E-state index contributed by atoms with van der Waals surface area (Å²) < 4.78 is 10.4. The molecule has 0 saturated carbocycles. The van der Waals surface area contributed by atoms with Crippen molar-refractivity contribution in [2.75, 3.05) is 12.0 Å². The maximum absolute atomic E-state index is 13.3. The zero-order chi connectivity index (χ0) is 26.9. The Labute approximate surface area is 219 Å². The molecule has 190 valence electrons. The number of nitrogens with zero attached hydrogens (tertiary/aromatic N) is 1. The standard InChI is InChI=1S/C29H26ClNO6/c1-16(2)37-29(35)18-8-11-21(12-9-18)31-25(19-7-5-6-17(3)14-19)24(27(33)28(31)34)26(32)20-10-13-23(36-4)22(30)15-20/h5-16,25,32H,1-4H3/b26-24-. The quantitative estimate of drug-likeness (QED) is 0.190. The van der Waals surface area contributed by atoms with Crippen LogP contribution in [0.25, 0.3) is 5.76 Å². The van der Waals surface area contributed by atoms with Crippen LogP contribution >= 0.6 is 11.6 Å². The first-order valence-corrected chi connectivity index (χ1v) is 12.0. The summed E-state index contributed by atoms with van der Waals surface area (Å²) in [5.74, 6) is -2.07. The molecule has 0 radical (unpaired) electrons. The first kappa shape index (κ1) is 26.0. The number of hydrogen-bond acceptors (Lipinski definition) is 6. The van der Waals surface area contributed by atoms with Crippen LogP contribution in [0.4, 0.5) is 5.69 Å². The Morgan fingerprint density at radius 3 is 2.27 bits per heavy atom. The van der Waals surface area contributed by atoms with Crippen molar-refractivity contribution in [3.05, 3.63) is 99.6 Å². The number of ether oxygens (including phenoxy) is 2. The Hall–Kier alpha value is -4.10. The summed E-state index contributed by atoms with van der Waals surface area (Å²) in [7, 11) is 1.47. The average molecular weight is 520 g/mol. The Kier molecular flexibility index (Phi) is 7.36. The monoisotopic (exact) mass is 519 g/mol. The number of hydrogen-bond donors (Lipinski definition) is 1. The number of aliphatic hydroxyl groups is 1. The number of carbonyl (C=O) groups is 3. The van der Waals surface area contributed by atoms with Crippen LogP contribution in [0.1, 0.15) is 46.9 Å². The minimum absolute atomic E-state index is 0.0693. The number of esters is 1. The fraction of sp³-hybridized carbons (Fsp3) is 0.207. The van der Waals surface area contributed by atoms with Gasteiger partial charge in [-0.15, -0.1) is 0 Å². The van der Waals surface area contributed by atoms with Gasteiger partial charge in [0.05, 0.1) is 35.4 Å². The van der Waals surface area contributed by atoms with Crippen LogP contribution in [0.15, 0.2) is 72.3 Å². The van der Waals surface area contributed by atoms with E-state index in [1.165, 1.54) is 30.2 Å². The van der Waals surface area contributed by atoms with E-state index in [9.17, 15) is 19.5 Å². The molecule has 37 heavy (non-hydrogen) atoms. The van der Waals surface area contributed by atoms with Gasteiger partial charge in [0.15, 0.2) is 0 Å². The van der Waals surface area contributed by atoms with Crippen molar-refractivity contribution < 1.29 is 29.0 Å². The van der Waals surface area contributed by atoms with E-state index in [0.29, 0.717) is 22.6 Å². The summed E-state index contributed by atoms with van der Waals surface area (Å²) in [6.45, 7) is 5.40. The van der Waals surface area contributed by atoms with Crippen molar-refractivity contribution in [3.63, 3.8) is 0 Å². The molecule has 1 amide bonds. The highest BCUT2D eigenvalue weighted by molar-refractivity contribution is 6.51. The van der Waals surface area contributed by atoms with Gasteiger partial charge in [0, 0.05) is 11.3 Å². The third kappa shape index (κ3) is 5.08. The fourth-order valence-electron chi connectivity index (χ4n) is 4.26. The van der Waals surface area contributed by atoms with Crippen molar-refractivity contribution in [1.82, 2.24) is 0 Å². The van der Waals surface area contributed by atoms with Gasteiger partial charge in [0.2, 0.25) is 0 Å². The van der Waals surface area contributed by atoms with E-state index < -0.39 is 23.7 Å². The molecule has 3 aromatic carbocycles. The molecule has 0 aliphatic carbocycles. The molecular weight excluding hydrogens is 494 g/mol. The number of Topliss-reactive ketones (excluding diaryl/α,β-unsaturated/α-hetero) is 1. The lowest BCUT2D eigenvalue weighted by molar-refractivity contribution is -0.132. The maximum atomic E-state index is 13.3. The van der Waals surface area contributed by atoms with Crippen LogP contribution in [0.3, 0.4) is 0 Å². The minimum Gasteiger partial charge on any atom is -0.507 e. The second-order valence-electron chi connectivity index (χ2n) is 8.93. The highest BCUT2D eigenvalue weighted by Gasteiger charge is 2.47. The van der Waals surface area contributed by atoms with Gasteiger partial charge in [-0.05, 0) is 68.8 Å². The molecule has 1 aliphatic rings. The number of methoxy groups -OCH3 is 1. The topological polar surface area (TPSA) is 93.1 Å². The van der Waals surface area contributed by atoms with E-state index >= 15 is 0 Å². The number of ketones is 1. The van der Waals surface area contributed by atoms with E-state index in [1.54, 1.807) is 44.2 Å². The number of aliphatic hydroxyl groups excluding tert-OH is 1. The number of rotatable bonds is 6. The third-order valence-corrected chi connectivity index (χ3v) is 6.25. The lowest BCUT2D eigenvalue weighted by Gasteiger charge is -2.26. The van der Waals surface area contributed by atoms with Crippen molar-refractivity contribution in [3.8, 4) is 5.75 Å². The molecule has 1 N–H and O–H groups in total. The number of anilines is 1. The SMILES string of the molecule is COc1ccc(/C(O)=C2/C(=O)C(=O)N(c3ccc(C(=O)OC(C)C)cc3)C2c2cccc(C)c2)cc1Cl. The molecule has 8 heteroatoms. The predicted molar refractivity (Wildman–Crippen MR) is 141 cm³/mol. The van der Waals surface area contributed by atoms with Gasteiger partial charge >= 0.3 is 5.97 Å². The Morgan fingerprint density at radius 1 is 1.00 bits per heavy atom. The summed E-state index contributed by atoms with van der Waals surface area (Å²) in [5.41, 5.74) is 2.47. The van der Waals surface area contributed by atoms with E-state index in [0.717, 1.165) is 5.56 Å². The van der Waals surface area contributed by atoms with E-state index in [2.05, 4.69) is 0 Å². The number of aryl methyl sites for hydroxylation is 1. The lowest BCUT2D eigenvalue weighted by Crippen LogP contribution is -2.29. The number of amides is 1. The van der Waals surface area contributed by atoms with Crippen LogP contribution in [0, 0.1) is 6.92 Å². The molecular formula is C29H26ClNO6. The smallest absolute Gasteiger partial charge is 0.338 e.